The van der Waals surface area contributed by atoms with Crippen LogP contribution in [-0.2, 0) is 23.1 Å². The zero-order valence-corrected chi connectivity index (χ0v) is 17.7. The summed E-state index contributed by atoms with van der Waals surface area (Å²) in [6.07, 6.45) is -1.25. The molecule has 1 atom stereocenters. The number of aromatic carboxylic acids is 1. The topological polar surface area (TPSA) is 69.6 Å². The van der Waals surface area contributed by atoms with Crippen LogP contribution in [0.2, 0.25) is 0 Å². The number of hydrogen-bond donors (Lipinski definition) is 2. The number of hydrogen-bond acceptors (Lipinski definition) is 3. The SMILES string of the molecule is Cc1cc(C2(NC(=O)C3CCCN3Cc3ccc(C(F)(F)F)cc3)CC2)ccc1C(=O)O. The summed E-state index contributed by atoms with van der Waals surface area (Å²) in [5.74, 6) is -1.07. The van der Waals surface area contributed by atoms with Gasteiger partial charge in [-0.25, -0.2) is 4.79 Å². The number of carboxylic acids is 1. The summed E-state index contributed by atoms with van der Waals surface area (Å²) in [7, 11) is 0. The van der Waals surface area contributed by atoms with Crippen LogP contribution >= 0.6 is 0 Å². The molecule has 5 nitrogen and oxygen atoms in total. The van der Waals surface area contributed by atoms with Crippen LogP contribution in [-0.4, -0.2) is 34.5 Å². The molecule has 0 radical (unpaired) electrons. The molecule has 32 heavy (non-hydrogen) atoms. The maximum absolute atomic E-state index is 13.1. The van der Waals surface area contributed by atoms with Crippen molar-refractivity contribution >= 4 is 11.9 Å². The normalized spacial score (nSPS) is 20.2. The molecule has 2 aromatic carbocycles. The van der Waals surface area contributed by atoms with Gasteiger partial charge < -0.3 is 10.4 Å². The Hall–Kier alpha value is -2.87. The molecule has 1 amide bonds. The average Bonchev–Trinajstić information content (AvgIpc) is 3.36. The molecule has 1 unspecified atom stereocenters. The van der Waals surface area contributed by atoms with Gasteiger partial charge in [0.1, 0.15) is 0 Å². The zero-order chi connectivity index (χ0) is 23.1. The van der Waals surface area contributed by atoms with Gasteiger partial charge in [0.05, 0.1) is 22.7 Å². The van der Waals surface area contributed by atoms with E-state index >= 15 is 0 Å². The molecule has 8 heteroatoms. The first-order valence-corrected chi connectivity index (χ1v) is 10.7. The van der Waals surface area contributed by atoms with Crippen molar-refractivity contribution in [2.75, 3.05) is 6.54 Å². The fourth-order valence-electron chi connectivity index (χ4n) is 4.48. The minimum atomic E-state index is -4.37. The molecular formula is C24H25F3N2O3. The molecule has 0 bridgehead atoms. The Bertz CT molecular complexity index is 1030. The number of halogens is 3. The average molecular weight is 446 g/mol. The number of likely N-dealkylation sites (tertiary alicyclic amines) is 1. The van der Waals surface area contributed by atoms with Gasteiger partial charge in [0.2, 0.25) is 5.91 Å². The molecule has 2 N–H and O–H groups in total. The van der Waals surface area contributed by atoms with Crippen molar-refractivity contribution in [3.63, 3.8) is 0 Å². The van der Waals surface area contributed by atoms with Gasteiger partial charge in [-0.2, -0.15) is 13.2 Å². The summed E-state index contributed by atoms with van der Waals surface area (Å²) in [5.41, 5.74) is 1.38. The molecule has 0 spiro atoms. The predicted molar refractivity (Wildman–Crippen MR) is 112 cm³/mol. The van der Waals surface area contributed by atoms with E-state index in [4.69, 9.17) is 0 Å². The summed E-state index contributed by atoms with van der Waals surface area (Å²) in [5, 5.41) is 12.4. The monoisotopic (exact) mass is 446 g/mol. The highest BCUT2D eigenvalue weighted by Gasteiger charge is 2.47. The Kier molecular flexibility index (Phi) is 5.75. The Balaban J connectivity index is 1.44. The summed E-state index contributed by atoms with van der Waals surface area (Å²) < 4.78 is 38.4. The maximum atomic E-state index is 13.1. The smallest absolute Gasteiger partial charge is 0.416 e. The predicted octanol–water partition coefficient (Wildman–Crippen LogP) is 4.48. The van der Waals surface area contributed by atoms with E-state index in [0.29, 0.717) is 25.1 Å². The van der Waals surface area contributed by atoms with Crippen molar-refractivity contribution in [2.45, 2.75) is 56.9 Å². The van der Waals surface area contributed by atoms with Crippen LogP contribution in [0.25, 0.3) is 0 Å². The largest absolute Gasteiger partial charge is 0.478 e. The lowest BCUT2D eigenvalue weighted by Gasteiger charge is -2.27. The number of aryl methyl sites for hydroxylation is 1. The van der Waals surface area contributed by atoms with Crippen LogP contribution in [0.5, 0.6) is 0 Å². The van der Waals surface area contributed by atoms with E-state index < -0.39 is 23.2 Å². The minimum Gasteiger partial charge on any atom is -0.478 e. The Morgan fingerprint density at radius 1 is 1.16 bits per heavy atom. The molecule has 170 valence electrons. The Labute approximate surface area is 184 Å². The van der Waals surface area contributed by atoms with E-state index in [1.54, 1.807) is 19.1 Å². The van der Waals surface area contributed by atoms with Crippen LogP contribution in [0.1, 0.15) is 58.3 Å². The Morgan fingerprint density at radius 3 is 2.41 bits per heavy atom. The molecule has 1 aliphatic heterocycles. The van der Waals surface area contributed by atoms with Crippen LogP contribution in [0.4, 0.5) is 13.2 Å². The number of amides is 1. The third-order valence-electron chi connectivity index (χ3n) is 6.46. The number of rotatable bonds is 6. The first-order chi connectivity index (χ1) is 15.1. The van der Waals surface area contributed by atoms with Crippen molar-refractivity contribution in [3.8, 4) is 0 Å². The molecule has 1 saturated heterocycles. The zero-order valence-electron chi connectivity index (χ0n) is 17.7. The number of nitrogens with one attached hydrogen (secondary N) is 1. The summed E-state index contributed by atoms with van der Waals surface area (Å²) >= 11 is 0. The van der Waals surface area contributed by atoms with Crippen LogP contribution in [0.3, 0.4) is 0 Å². The molecule has 1 saturated carbocycles. The lowest BCUT2D eigenvalue weighted by molar-refractivity contribution is -0.137. The van der Waals surface area contributed by atoms with E-state index in [2.05, 4.69) is 5.32 Å². The van der Waals surface area contributed by atoms with E-state index in [-0.39, 0.29) is 17.5 Å². The van der Waals surface area contributed by atoms with Gasteiger partial charge in [-0.1, -0.05) is 24.3 Å². The second-order valence-corrected chi connectivity index (χ2v) is 8.73. The third kappa shape index (κ3) is 4.50. The molecule has 4 rings (SSSR count). The van der Waals surface area contributed by atoms with Crippen molar-refractivity contribution < 1.29 is 27.9 Å². The van der Waals surface area contributed by atoms with Crippen LogP contribution in [0, 0.1) is 6.92 Å². The number of benzene rings is 2. The molecule has 1 aliphatic carbocycles. The van der Waals surface area contributed by atoms with Gasteiger partial charge in [0.25, 0.3) is 0 Å². The summed E-state index contributed by atoms with van der Waals surface area (Å²) in [4.78, 5) is 26.4. The summed E-state index contributed by atoms with van der Waals surface area (Å²) in [6, 6.07) is 9.89. The van der Waals surface area contributed by atoms with Gasteiger partial charge in [-0.05, 0) is 74.0 Å². The van der Waals surface area contributed by atoms with Crippen LogP contribution < -0.4 is 5.32 Å². The number of alkyl halides is 3. The van der Waals surface area contributed by atoms with Gasteiger partial charge >= 0.3 is 12.1 Å². The molecule has 2 aliphatic rings. The lowest BCUT2D eigenvalue weighted by Crippen LogP contribution is -2.46. The maximum Gasteiger partial charge on any atom is 0.416 e. The second-order valence-electron chi connectivity index (χ2n) is 8.73. The van der Waals surface area contributed by atoms with Crippen molar-refractivity contribution in [2.24, 2.45) is 0 Å². The molecule has 2 aromatic rings. The fraction of sp³-hybridized carbons (Fsp3) is 0.417. The fourth-order valence-corrected chi connectivity index (χ4v) is 4.48. The first-order valence-electron chi connectivity index (χ1n) is 10.7. The number of carboxylic acid groups (broad SMARTS) is 1. The van der Waals surface area contributed by atoms with E-state index in [1.807, 2.05) is 11.0 Å². The molecular weight excluding hydrogens is 421 g/mol. The van der Waals surface area contributed by atoms with Gasteiger partial charge in [-0.15, -0.1) is 0 Å². The van der Waals surface area contributed by atoms with Crippen molar-refractivity contribution in [1.82, 2.24) is 10.2 Å². The Morgan fingerprint density at radius 2 is 1.84 bits per heavy atom. The highest BCUT2D eigenvalue weighted by atomic mass is 19.4. The highest BCUT2D eigenvalue weighted by Crippen LogP contribution is 2.46. The van der Waals surface area contributed by atoms with E-state index in [1.165, 1.54) is 12.1 Å². The molecule has 0 aromatic heterocycles. The minimum absolute atomic E-state index is 0.0909. The highest BCUT2D eigenvalue weighted by molar-refractivity contribution is 5.89. The first kappa shape index (κ1) is 22.3. The summed E-state index contributed by atoms with van der Waals surface area (Å²) in [6.45, 7) is 2.86. The van der Waals surface area contributed by atoms with Crippen molar-refractivity contribution in [1.29, 1.82) is 0 Å². The third-order valence-corrected chi connectivity index (χ3v) is 6.46. The number of carbonyl (C=O) groups is 2. The quantitative estimate of drug-likeness (QED) is 0.687. The number of carbonyl (C=O) groups excluding carboxylic acids is 1. The second kappa shape index (κ2) is 8.24. The lowest BCUT2D eigenvalue weighted by atomic mass is 9.98. The van der Waals surface area contributed by atoms with Crippen LogP contribution in [0.15, 0.2) is 42.5 Å². The molecule has 1 heterocycles. The van der Waals surface area contributed by atoms with Gasteiger partial charge in [0.15, 0.2) is 0 Å². The molecule has 2 fully saturated rings. The van der Waals surface area contributed by atoms with Crippen molar-refractivity contribution in [3.05, 3.63) is 70.3 Å². The van der Waals surface area contributed by atoms with Gasteiger partial charge in [-0.3, -0.25) is 9.69 Å². The van der Waals surface area contributed by atoms with E-state index in [0.717, 1.165) is 42.5 Å². The number of nitrogens with zero attached hydrogens (tertiary/aromatic N) is 1. The standard InChI is InChI=1S/C24H25F3N2O3/c1-15-13-18(8-9-19(15)22(31)32)23(10-11-23)28-21(30)20-3-2-12-29(20)14-16-4-6-17(7-5-16)24(25,26)27/h4-9,13,20H,2-3,10-12,14H2,1H3,(H,28,30)(H,31,32). The van der Waals surface area contributed by atoms with E-state index in [9.17, 15) is 27.9 Å². The van der Waals surface area contributed by atoms with Gasteiger partial charge in [0, 0.05) is 6.54 Å².